The lowest BCUT2D eigenvalue weighted by Gasteiger charge is -2.10. The fourth-order valence-electron chi connectivity index (χ4n) is 1.10. The molecule has 0 heterocycles. The molecule has 0 spiro atoms. The number of nitrogens with one attached hydrogen (secondary N) is 1. The molecular weight excluding hydrogens is 172 g/mol. The zero-order valence-corrected chi connectivity index (χ0v) is 8.19. The van der Waals surface area contributed by atoms with Gasteiger partial charge in [-0.1, -0.05) is 0 Å². The first kappa shape index (κ1) is 9.86. The van der Waals surface area contributed by atoms with E-state index in [1.54, 1.807) is 0 Å². The fraction of sp³-hybridized carbons (Fsp3) is 0.875. The molecule has 0 radical (unpaired) electrons. The van der Waals surface area contributed by atoms with Gasteiger partial charge in [0.15, 0.2) is 0 Å². The Kier molecular flexibility index (Phi) is 3.88. The SMILES string of the molecule is CSCC(=O)NCC(N)C1CC1. The summed E-state index contributed by atoms with van der Waals surface area (Å²) in [4.78, 5) is 11.0. The summed E-state index contributed by atoms with van der Waals surface area (Å²) in [6.45, 7) is 0.643. The van der Waals surface area contributed by atoms with Crippen LogP contribution in [0.1, 0.15) is 12.8 Å². The third-order valence-corrected chi connectivity index (χ3v) is 2.59. The van der Waals surface area contributed by atoms with Crippen LogP contribution in [0, 0.1) is 5.92 Å². The predicted octanol–water partition coefficient (Wildman–Crippen LogP) is 0.203. The molecule has 1 amide bonds. The van der Waals surface area contributed by atoms with Gasteiger partial charge in [-0.05, 0) is 25.0 Å². The van der Waals surface area contributed by atoms with Gasteiger partial charge in [0, 0.05) is 12.6 Å². The largest absolute Gasteiger partial charge is 0.354 e. The van der Waals surface area contributed by atoms with Gasteiger partial charge in [-0.25, -0.2) is 0 Å². The molecule has 0 aliphatic heterocycles. The maximum atomic E-state index is 11.0. The van der Waals surface area contributed by atoms with Crippen molar-refractivity contribution in [1.82, 2.24) is 5.32 Å². The Bertz CT molecular complexity index is 159. The van der Waals surface area contributed by atoms with Crippen LogP contribution in [0.4, 0.5) is 0 Å². The van der Waals surface area contributed by atoms with Crippen molar-refractivity contribution in [1.29, 1.82) is 0 Å². The quantitative estimate of drug-likeness (QED) is 0.648. The monoisotopic (exact) mass is 188 g/mol. The van der Waals surface area contributed by atoms with Gasteiger partial charge in [0.05, 0.1) is 5.75 Å². The highest BCUT2D eigenvalue weighted by atomic mass is 32.2. The molecular formula is C8H16N2OS. The molecule has 1 saturated carbocycles. The van der Waals surface area contributed by atoms with E-state index in [9.17, 15) is 4.79 Å². The number of hydrogen-bond acceptors (Lipinski definition) is 3. The molecule has 1 aliphatic carbocycles. The van der Waals surface area contributed by atoms with Crippen molar-refractivity contribution in [2.45, 2.75) is 18.9 Å². The summed E-state index contributed by atoms with van der Waals surface area (Å²) in [5.74, 6) is 1.30. The van der Waals surface area contributed by atoms with Gasteiger partial charge in [0.2, 0.25) is 5.91 Å². The van der Waals surface area contributed by atoms with Gasteiger partial charge in [-0.3, -0.25) is 4.79 Å². The number of carbonyl (C=O) groups excluding carboxylic acids is 1. The topological polar surface area (TPSA) is 55.1 Å². The van der Waals surface area contributed by atoms with E-state index in [2.05, 4.69) is 5.32 Å². The summed E-state index contributed by atoms with van der Waals surface area (Å²) in [6.07, 6.45) is 4.39. The lowest BCUT2D eigenvalue weighted by molar-refractivity contribution is -0.118. The molecule has 0 aromatic rings. The second-order valence-electron chi connectivity index (χ2n) is 3.24. The molecule has 1 fully saturated rings. The summed E-state index contributed by atoms with van der Waals surface area (Å²) < 4.78 is 0. The second kappa shape index (κ2) is 4.72. The molecule has 70 valence electrons. The number of rotatable bonds is 5. The smallest absolute Gasteiger partial charge is 0.230 e. The van der Waals surface area contributed by atoms with Crippen LogP contribution < -0.4 is 11.1 Å². The summed E-state index contributed by atoms with van der Waals surface area (Å²) in [5, 5.41) is 2.82. The molecule has 1 unspecified atom stereocenters. The average molecular weight is 188 g/mol. The van der Waals surface area contributed by atoms with Crippen LogP contribution in [0.5, 0.6) is 0 Å². The Labute approximate surface area is 77.5 Å². The standard InChI is InChI=1S/C8H16N2OS/c1-12-5-8(11)10-4-7(9)6-2-3-6/h6-7H,2-5,9H2,1H3,(H,10,11). The van der Waals surface area contributed by atoms with E-state index in [0.717, 1.165) is 0 Å². The second-order valence-corrected chi connectivity index (χ2v) is 4.10. The van der Waals surface area contributed by atoms with E-state index in [0.29, 0.717) is 18.2 Å². The average Bonchev–Trinajstić information content (AvgIpc) is 2.83. The Balaban J connectivity index is 2.03. The van der Waals surface area contributed by atoms with Crippen molar-refractivity contribution in [3.63, 3.8) is 0 Å². The Morgan fingerprint density at radius 2 is 2.42 bits per heavy atom. The molecule has 3 nitrogen and oxygen atoms in total. The molecule has 12 heavy (non-hydrogen) atoms. The van der Waals surface area contributed by atoms with Crippen molar-refractivity contribution in [2.24, 2.45) is 11.7 Å². The zero-order valence-electron chi connectivity index (χ0n) is 7.38. The highest BCUT2D eigenvalue weighted by Gasteiger charge is 2.28. The summed E-state index contributed by atoms with van der Waals surface area (Å²) in [5.41, 5.74) is 5.80. The van der Waals surface area contributed by atoms with Crippen molar-refractivity contribution in [3.8, 4) is 0 Å². The number of nitrogens with two attached hydrogens (primary N) is 1. The van der Waals surface area contributed by atoms with Gasteiger partial charge in [0.1, 0.15) is 0 Å². The number of carbonyl (C=O) groups is 1. The molecule has 0 bridgehead atoms. The van der Waals surface area contributed by atoms with E-state index >= 15 is 0 Å². The molecule has 3 N–H and O–H groups in total. The molecule has 1 atom stereocenters. The normalized spacial score (nSPS) is 18.8. The Morgan fingerprint density at radius 3 is 2.92 bits per heavy atom. The first-order valence-corrected chi connectivity index (χ1v) is 5.64. The van der Waals surface area contributed by atoms with Crippen molar-refractivity contribution in [2.75, 3.05) is 18.6 Å². The van der Waals surface area contributed by atoms with Crippen LogP contribution in [0.15, 0.2) is 0 Å². The first-order valence-electron chi connectivity index (χ1n) is 4.25. The summed E-state index contributed by atoms with van der Waals surface area (Å²) in [6, 6.07) is 0.177. The minimum atomic E-state index is 0.0959. The Morgan fingerprint density at radius 1 is 1.75 bits per heavy atom. The maximum absolute atomic E-state index is 11.0. The van der Waals surface area contributed by atoms with Crippen molar-refractivity contribution in [3.05, 3.63) is 0 Å². The van der Waals surface area contributed by atoms with E-state index in [1.807, 2.05) is 6.26 Å². The van der Waals surface area contributed by atoms with Gasteiger partial charge in [0.25, 0.3) is 0 Å². The van der Waals surface area contributed by atoms with Crippen LogP contribution >= 0.6 is 11.8 Å². The van der Waals surface area contributed by atoms with E-state index in [4.69, 9.17) is 5.73 Å². The highest BCUT2D eigenvalue weighted by Crippen LogP contribution is 2.31. The lowest BCUT2D eigenvalue weighted by Crippen LogP contribution is -2.39. The van der Waals surface area contributed by atoms with E-state index in [-0.39, 0.29) is 11.9 Å². The third-order valence-electron chi connectivity index (χ3n) is 2.04. The zero-order chi connectivity index (χ0) is 8.97. The molecule has 1 aliphatic rings. The lowest BCUT2D eigenvalue weighted by atomic mass is 10.2. The predicted molar refractivity (Wildman–Crippen MR) is 52.1 cm³/mol. The van der Waals surface area contributed by atoms with Gasteiger partial charge < -0.3 is 11.1 Å². The minimum Gasteiger partial charge on any atom is -0.354 e. The van der Waals surface area contributed by atoms with Crippen molar-refractivity contribution >= 4 is 17.7 Å². The molecule has 0 saturated heterocycles. The van der Waals surface area contributed by atoms with Crippen LogP contribution in [-0.2, 0) is 4.79 Å². The highest BCUT2D eigenvalue weighted by molar-refractivity contribution is 7.99. The van der Waals surface area contributed by atoms with Gasteiger partial charge >= 0.3 is 0 Å². The number of amides is 1. The molecule has 0 aromatic heterocycles. The van der Waals surface area contributed by atoms with Gasteiger partial charge in [-0.2, -0.15) is 11.8 Å². The molecule has 0 aromatic carbocycles. The van der Waals surface area contributed by atoms with Crippen LogP contribution in [-0.4, -0.2) is 30.5 Å². The van der Waals surface area contributed by atoms with Crippen molar-refractivity contribution < 1.29 is 4.79 Å². The maximum Gasteiger partial charge on any atom is 0.230 e. The van der Waals surface area contributed by atoms with Crippen LogP contribution in [0.3, 0.4) is 0 Å². The van der Waals surface area contributed by atoms with Crippen LogP contribution in [0.25, 0.3) is 0 Å². The fourth-order valence-corrected chi connectivity index (χ4v) is 1.47. The van der Waals surface area contributed by atoms with E-state index in [1.165, 1.54) is 24.6 Å². The van der Waals surface area contributed by atoms with Gasteiger partial charge in [-0.15, -0.1) is 0 Å². The number of thioether (sulfide) groups is 1. The minimum absolute atomic E-state index is 0.0959. The molecule has 1 rings (SSSR count). The van der Waals surface area contributed by atoms with E-state index < -0.39 is 0 Å². The summed E-state index contributed by atoms with van der Waals surface area (Å²) >= 11 is 1.53. The van der Waals surface area contributed by atoms with Crippen LogP contribution in [0.2, 0.25) is 0 Å². The number of hydrogen-bond donors (Lipinski definition) is 2. The third kappa shape index (κ3) is 3.45. The first-order chi connectivity index (χ1) is 5.74. The summed E-state index contributed by atoms with van der Waals surface area (Å²) in [7, 11) is 0. The Hall–Kier alpha value is -0.220. The molecule has 4 heteroatoms.